The third-order valence-corrected chi connectivity index (χ3v) is 1.16. The molecule has 7 heavy (non-hydrogen) atoms. The summed E-state index contributed by atoms with van der Waals surface area (Å²) < 4.78 is 0. The largest absolute Gasteiger partial charge is 0.297 e. The van der Waals surface area contributed by atoms with Crippen LogP contribution in [-0.2, 0) is 0 Å². The molecule has 1 aromatic heterocycles. The number of aromatic nitrogens is 1. The van der Waals surface area contributed by atoms with Gasteiger partial charge < -0.3 is 0 Å². The fourth-order valence-corrected chi connectivity index (χ4v) is 0.614. The van der Waals surface area contributed by atoms with Gasteiger partial charge in [-0.3, -0.25) is 4.79 Å². The molecule has 0 aliphatic heterocycles. The van der Waals surface area contributed by atoms with Crippen molar-refractivity contribution >= 4 is 17.6 Å². The third-order valence-electron chi connectivity index (χ3n) is 0.524. The standard InChI is InChI=1S/C4H2NOS/c6-2-4-1-5-3-7-4/h1-2H. The second-order valence-corrected chi connectivity index (χ2v) is 1.83. The summed E-state index contributed by atoms with van der Waals surface area (Å²) in [6.45, 7) is 0. The maximum atomic E-state index is 9.82. The van der Waals surface area contributed by atoms with Gasteiger partial charge in [0.15, 0.2) is 11.8 Å². The van der Waals surface area contributed by atoms with Crippen LogP contribution in [0.3, 0.4) is 0 Å². The van der Waals surface area contributed by atoms with Gasteiger partial charge in [0.25, 0.3) is 0 Å². The van der Waals surface area contributed by atoms with Crippen molar-refractivity contribution in [3.63, 3.8) is 0 Å². The predicted molar refractivity (Wildman–Crippen MR) is 26.3 cm³/mol. The molecule has 1 aromatic rings. The minimum atomic E-state index is 0.625. The van der Waals surface area contributed by atoms with Crippen LogP contribution in [-0.4, -0.2) is 11.3 Å². The first-order chi connectivity index (χ1) is 3.43. The lowest BCUT2D eigenvalue weighted by Gasteiger charge is -1.63. The Labute approximate surface area is 44.8 Å². The molecule has 3 heteroatoms. The van der Waals surface area contributed by atoms with E-state index in [1.54, 1.807) is 0 Å². The molecule has 0 saturated heterocycles. The Morgan fingerprint density at radius 1 is 2.00 bits per heavy atom. The van der Waals surface area contributed by atoms with Crippen molar-refractivity contribution < 1.29 is 4.79 Å². The van der Waals surface area contributed by atoms with Gasteiger partial charge in [0.1, 0.15) is 0 Å². The van der Waals surface area contributed by atoms with E-state index in [9.17, 15) is 4.79 Å². The van der Waals surface area contributed by atoms with Crippen LogP contribution in [0.15, 0.2) is 6.20 Å². The lowest BCUT2D eigenvalue weighted by atomic mass is 10.6. The van der Waals surface area contributed by atoms with Gasteiger partial charge in [-0.05, 0) is 0 Å². The van der Waals surface area contributed by atoms with E-state index in [0.717, 1.165) is 6.29 Å². The highest BCUT2D eigenvalue weighted by Crippen LogP contribution is 1.98. The van der Waals surface area contributed by atoms with E-state index in [2.05, 4.69) is 10.5 Å². The predicted octanol–water partition coefficient (Wildman–Crippen LogP) is 0.756. The average Bonchev–Trinajstić information content (AvgIpc) is 2.14. The summed E-state index contributed by atoms with van der Waals surface area (Å²) in [5, 5.41) is 0. The minimum absolute atomic E-state index is 0.625. The van der Waals surface area contributed by atoms with Crippen LogP contribution in [0.2, 0.25) is 0 Å². The molecular weight excluding hydrogens is 110 g/mol. The molecule has 0 bridgehead atoms. The highest BCUT2D eigenvalue weighted by molar-refractivity contribution is 7.10. The highest BCUT2D eigenvalue weighted by Gasteiger charge is 1.85. The second kappa shape index (κ2) is 1.84. The highest BCUT2D eigenvalue weighted by atomic mass is 32.1. The summed E-state index contributed by atoms with van der Waals surface area (Å²) in [5.41, 5.74) is 2.54. The van der Waals surface area contributed by atoms with Gasteiger partial charge >= 0.3 is 0 Å². The van der Waals surface area contributed by atoms with Crippen LogP contribution in [0.1, 0.15) is 9.67 Å². The van der Waals surface area contributed by atoms with Crippen LogP contribution in [0.5, 0.6) is 0 Å². The van der Waals surface area contributed by atoms with Crippen molar-refractivity contribution in [3.8, 4) is 0 Å². The molecule has 1 rings (SSSR count). The molecule has 0 atom stereocenters. The summed E-state index contributed by atoms with van der Waals surface area (Å²) in [6.07, 6.45) is 2.24. The summed E-state index contributed by atoms with van der Waals surface area (Å²) in [7, 11) is 0. The molecule has 1 heterocycles. The van der Waals surface area contributed by atoms with Crippen LogP contribution in [0.4, 0.5) is 0 Å². The van der Waals surface area contributed by atoms with Gasteiger partial charge in [0.05, 0.1) is 4.88 Å². The number of rotatable bonds is 1. The molecule has 0 unspecified atom stereocenters. The van der Waals surface area contributed by atoms with E-state index in [0.29, 0.717) is 4.88 Å². The summed E-state index contributed by atoms with van der Waals surface area (Å²) >= 11 is 1.22. The van der Waals surface area contributed by atoms with Crippen molar-refractivity contribution in [3.05, 3.63) is 16.6 Å². The topological polar surface area (TPSA) is 30.0 Å². The van der Waals surface area contributed by atoms with E-state index >= 15 is 0 Å². The van der Waals surface area contributed by atoms with E-state index in [-0.39, 0.29) is 0 Å². The molecule has 0 aromatic carbocycles. The Balaban J connectivity index is 2.96. The maximum Gasteiger partial charge on any atom is 0.161 e. The van der Waals surface area contributed by atoms with E-state index < -0.39 is 0 Å². The quantitative estimate of drug-likeness (QED) is 0.502. The number of hydrogen-bond donors (Lipinski definition) is 0. The van der Waals surface area contributed by atoms with Gasteiger partial charge in [0.2, 0.25) is 0 Å². The number of carbonyl (C=O) groups is 1. The number of carbonyl (C=O) groups excluding carboxylic acids is 1. The number of nitrogens with zero attached hydrogens (tertiary/aromatic N) is 1. The van der Waals surface area contributed by atoms with Crippen LogP contribution >= 0.6 is 11.3 Å². The Hall–Kier alpha value is -0.700. The van der Waals surface area contributed by atoms with Crippen molar-refractivity contribution in [2.75, 3.05) is 0 Å². The second-order valence-electron chi connectivity index (χ2n) is 0.972. The van der Waals surface area contributed by atoms with Gasteiger partial charge in [-0.2, -0.15) is 0 Å². The van der Waals surface area contributed by atoms with Crippen LogP contribution < -0.4 is 0 Å². The number of thiazole rings is 1. The Morgan fingerprint density at radius 2 is 2.86 bits per heavy atom. The third kappa shape index (κ3) is 0.838. The molecule has 0 aliphatic rings. The van der Waals surface area contributed by atoms with E-state index in [4.69, 9.17) is 0 Å². The molecule has 1 radical (unpaired) electrons. The van der Waals surface area contributed by atoms with E-state index in [1.165, 1.54) is 17.5 Å². The molecule has 35 valence electrons. The Kier molecular flexibility index (Phi) is 1.17. The lowest BCUT2D eigenvalue weighted by Crippen LogP contribution is -1.63. The van der Waals surface area contributed by atoms with E-state index in [1.807, 2.05) is 0 Å². The number of hydrogen-bond acceptors (Lipinski definition) is 3. The van der Waals surface area contributed by atoms with Crippen molar-refractivity contribution in [2.45, 2.75) is 0 Å². The fourth-order valence-electron chi connectivity index (χ4n) is 0.250. The SMILES string of the molecule is O=Cc1cn[c]s1. The first-order valence-corrected chi connectivity index (χ1v) is 2.52. The van der Waals surface area contributed by atoms with Gasteiger partial charge in [-0.25, -0.2) is 4.98 Å². The van der Waals surface area contributed by atoms with Gasteiger partial charge in [-0.15, -0.1) is 11.3 Å². The minimum Gasteiger partial charge on any atom is -0.297 e. The fraction of sp³-hybridized carbons (Fsp3) is 0. The zero-order valence-electron chi connectivity index (χ0n) is 3.42. The molecule has 0 spiro atoms. The van der Waals surface area contributed by atoms with Crippen LogP contribution in [0, 0.1) is 5.51 Å². The molecule has 0 fully saturated rings. The summed E-state index contributed by atoms with van der Waals surface area (Å²) in [6, 6.07) is 0. The van der Waals surface area contributed by atoms with Crippen molar-refractivity contribution in [2.24, 2.45) is 0 Å². The normalized spacial score (nSPS) is 8.57. The first-order valence-electron chi connectivity index (χ1n) is 1.70. The van der Waals surface area contributed by atoms with Gasteiger partial charge in [0, 0.05) is 6.20 Å². The lowest BCUT2D eigenvalue weighted by molar-refractivity contribution is 0.112. The summed E-state index contributed by atoms with van der Waals surface area (Å²) in [5.74, 6) is 0. The summed E-state index contributed by atoms with van der Waals surface area (Å²) in [4.78, 5) is 14.0. The molecule has 2 nitrogen and oxygen atoms in total. The van der Waals surface area contributed by atoms with Crippen molar-refractivity contribution in [1.82, 2.24) is 4.98 Å². The van der Waals surface area contributed by atoms with Crippen molar-refractivity contribution in [1.29, 1.82) is 0 Å². The molecular formula is C4H2NOS. The average molecular weight is 112 g/mol. The Morgan fingerprint density at radius 3 is 3.14 bits per heavy atom. The maximum absolute atomic E-state index is 9.82. The Bertz CT molecular complexity index is 147. The molecule has 0 amide bonds. The smallest absolute Gasteiger partial charge is 0.161 e. The zero-order chi connectivity index (χ0) is 5.11. The van der Waals surface area contributed by atoms with Crippen LogP contribution in [0.25, 0.3) is 0 Å². The molecule has 0 aliphatic carbocycles. The van der Waals surface area contributed by atoms with Gasteiger partial charge in [-0.1, -0.05) is 0 Å². The molecule has 0 N–H and O–H groups in total. The number of aldehydes is 1. The zero-order valence-corrected chi connectivity index (χ0v) is 4.23. The molecule has 0 saturated carbocycles. The first kappa shape index (κ1) is 4.46. The monoisotopic (exact) mass is 112 g/mol.